The Bertz CT molecular complexity index is 584. The van der Waals surface area contributed by atoms with E-state index in [0.29, 0.717) is 0 Å². The third-order valence-corrected chi connectivity index (χ3v) is 4.10. The Labute approximate surface area is 145 Å². The van der Waals surface area contributed by atoms with E-state index in [1.54, 1.807) is 0 Å². The topological polar surface area (TPSA) is 49.2 Å². The van der Waals surface area contributed by atoms with Gasteiger partial charge in [-0.3, -0.25) is 4.90 Å². The van der Waals surface area contributed by atoms with Crippen LogP contribution in [-0.2, 0) is 13.1 Å². The standard InChI is InChI=1S/C16H24N6.C2H6/c1-17-11-14-3-5-16(6-4-14)22-13-15(18-19-22)12-21-9-7-20(2)8-10-21;1-2/h3-6,13,17H,7-12H2,1-2H3;1-2H3. The number of rotatable bonds is 5. The molecule has 0 spiro atoms. The molecule has 2 heterocycles. The van der Waals surface area contributed by atoms with E-state index >= 15 is 0 Å². The van der Waals surface area contributed by atoms with Crippen LogP contribution >= 0.6 is 0 Å². The molecule has 0 saturated carbocycles. The molecule has 6 nitrogen and oxygen atoms in total. The Kier molecular flexibility index (Phi) is 7.36. The molecule has 132 valence electrons. The SMILES string of the molecule is CC.CNCc1ccc(-n2cc(CN3CCN(C)CC3)nn2)cc1. The van der Waals surface area contributed by atoms with Gasteiger partial charge in [0.2, 0.25) is 0 Å². The average molecular weight is 330 g/mol. The van der Waals surface area contributed by atoms with Gasteiger partial charge in [-0.1, -0.05) is 31.2 Å². The lowest BCUT2D eigenvalue weighted by atomic mass is 10.2. The summed E-state index contributed by atoms with van der Waals surface area (Å²) in [6.07, 6.45) is 2.03. The molecule has 1 aromatic carbocycles. The van der Waals surface area contributed by atoms with Crippen molar-refractivity contribution in [3.05, 3.63) is 41.7 Å². The summed E-state index contributed by atoms with van der Waals surface area (Å²) >= 11 is 0. The van der Waals surface area contributed by atoms with E-state index in [-0.39, 0.29) is 0 Å². The molecule has 0 unspecified atom stereocenters. The maximum Gasteiger partial charge on any atom is 0.0971 e. The highest BCUT2D eigenvalue weighted by Gasteiger charge is 2.15. The molecule has 6 heteroatoms. The summed E-state index contributed by atoms with van der Waals surface area (Å²) in [7, 11) is 4.13. The molecule has 0 bridgehead atoms. The first-order valence-corrected chi connectivity index (χ1v) is 8.80. The van der Waals surface area contributed by atoms with Gasteiger partial charge in [-0.2, -0.15) is 0 Å². The maximum atomic E-state index is 4.31. The minimum Gasteiger partial charge on any atom is -0.316 e. The highest BCUT2D eigenvalue weighted by molar-refractivity contribution is 5.33. The van der Waals surface area contributed by atoms with Crippen LogP contribution in [0.5, 0.6) is 0 Å². The number of benzene rings is 1. The first-order valence-electron chi connectivity index (χ1n) is 8.80. The number of piperazine rings is 1. The highest BCUT2D eigenvalue weighted by Crippen LogP contribution is 2.11. The van der Waals surface area contributed by atoms with E-state index in [4.69, 9.17) is 0 Å². The van der Waals surface area contributed by atoms with E-state index in [1.165, 1.54) is 5.56 Å². The van der Waals surface area contributed by atoms with Crippen molar-refractivity contribution in [1.82, 2.24) is 30.1 Å². The van der Waals surface area contributed by atoms with Crippen molar-refractivity contribution in [3.8, 4) is 5.69 Å². The van der Waals surface area contributed by atoms with Gasteiger partial charge < -0.3 is 10.2 Å². The normalized spacial score (nSPS) is 15.8. The summed E-state index contributed by atoms with van der Waals surface area (Å²) in [5, 5.41) is 11.7. The van der Waals surface area contributed by atoms with Crippen LogP contribution < -0.4 is 5.32 Å². The van der Waals surface area contributed by atoms with E-state index < -0.39 is 0 Å². The Balaban J connectivity index is 0.00000100. The highest BCUT2D eigenvalue weighted by atomic mass is 15.4. The van der Waals surface area contributed by atoms with Gasteiger partial charge in [0, 0.05) is 39.3 Å². The van der Waals surface area contributed by atoms with Crippen LogP contribution in [0.3, 0.4) is 0 Å². The zero-order valence-electron chi connectivity index (χ0n) is 15.4. The van der Waals surface area contributed by atoms with Gasteiger partial charge in [0.25, 0.3) is 0 Å². The van der Waals surface area contributed by atoms with Crippen LogP contribution in [0.15, 0.2) is 30.5 Å². The summed E-state index contributed by atoms with van der Waals surface area (Å²) < 4.78 is 1.86. The molecule has 2 aromatic rings. The number of aromatic nitrogens is 3. The first kappa shape index (κ1) is 18.6. The molecule has 0 atom stereocenters. The van der Waals surface area contributed by atoms with Crippen LogP contribution in [0.25, 0.3) is 5.69 Å². The molecule has 0 aliphatic carbocycles. The minimum atomic E-state index is 0.881. The number of hydrogen-bond acceptors (Lipinski definition) is 5. The molecule has 0 amide bonds. The summed E-state index contributed by atoms with van der Waals surface area (Å²) in [6, 6.07) is 8.41. The number of nitrogens with zero attached hydrogens (tertiary/aromatic N) is 5. The molecule has 1 saturated heterocycles. The van der Waals surface area contributed by atoms with Gasteiger partial charge in [0.15, 0.2) is 0 Å². The van der Waals surface area contributed by atoms with Crippen LogP contribution in [-0.4, -0.2) is 65.1 Å². The zero-order valence-corrected chi connectivity index (χ0v) is 15.4. The van der Waals surface area contributed by atoms with Gasteiger partial charge in [0.05, 0.1) is 17.6 Å². The predicted molar refractivity (Wildman–Crippen MR) is 98.2 cm³/mol. The molecule has 0 radical (unpaired) electrons. The Hall–Kier alpha value is -1.76. The van der Waals surface area contributed by atoms with Crippen molar-refractivity contribution in [3.63, 3.8) is 0 Å². The lowest BCUT2D eigenvalue weighted by molar-refractivity contribution is 0.147. The van der Waals surface area contributed by atoms with Crippen molar-refractivity contribution >= 4 is 0 Å². The van der Waals surface area contributed by atoms with Crippen molar-refractivity contribution in [2.45, 2.75) is 26.9 Å². The number of nitrogens with one attached hydrogen (secondary N) is 1. The molecular formula is C18H30N6. The smallest absolute Gasteiger partial charge is 0.0971 e. The molecule has 1 N–H and O–H groups in total. The van der Waals surface area contributed by atoms with Crippen molar-refractivity contribution < 1.29 is 0 Å². The van der Waals surface area contributed by atoms with Crippen molar-refractivity contribution in [2.75, 3.05) is 40.3 Å². The molecule has 1 fully saturated rings. The Morgan fingerprint density at radius 3 is 2.33 bits per heavy atom. The molecular weight excluding hydrogens is 300 g/mol. The van der Waals surface area contributed by atoms with Gasteiger partial charge in [-0.25, -0.2) is 4.68 Å². The van der Waals surface area contributed by atoms with Crippen LogP contribution in [0.2, 0.25) is 0 Å². The van der Waals surface area contributed by atoms with Crippen LogP contribution in [0.4, 0.5) is 0 Å². The second-order valence-corrected chi connectivity index (χ2v) is 5.93. The lowest BCUT2D eigenvalue weighted by Crippen LogP contribution is -2.43. The second kappa shape index (κ2) is 9.52. The van der Waals surface area contributed by atoms with E-state index in [1.807, 2.05) is 31.8 Å². The molecule has 3 rings (SSSR count). The van der Waals surface area contributed by atoms with Gasteiger partial charge >= 0.3 is 0 Å². The summed E-state index contributed by atoms with van der Waals surface area (Å²) in [5.74, 6) is 0. The minimum absolute atomic E-state index is 0.881. The summed E-state index contributed by atoms with van der Waals surface area (Å²) in [4.78, 5) is 4.80. The third-order valence-electron chi connectivity index (χ3n) is 4.10. The van der Waals surface area contributed by atoms with Gasteiger partial charge in [0.1, 0.15) is 0 Å². The largest absolute Gasteiger partial charge is 0.316 e. The fourth-order valence-electron chi connectivity index (χ4n) is 2.70. The average Bonchev–Trinajstić information content (AvgIpc) is 3.08. The van der Waals surface area contributed by atoms with Crippen LogP contribution in [0, 0.1) is 0 Å². The lowest BCUT2D eigenvalue weighted by Gasteiger charge is -2.31. The summed E-state index contributed by atoms with van der Waals surface area (Å²) in [6.45, 7) is 10.2. The third kappa shape index (κ3) is 5.12. The quantitative estimate of drug-likeness (QED) is 0.905. The van der Waals surface area contributed by atoms with Crippen LogP contribution in [0.1, 0.15) is 25.1 Å². The van der Waals surface area contributed by atoms with Crippen molar-refractivity contribution in [1.29, 1.82) is 0 Å². The van der Waals surface area contributed by atoms with Gasteiger partial charge in [-0.15, -0.1) is 5.10 Å². The molecule has 1 aromatic heterocycles. The van der Waals surface area contributed by atoms with Crippen molar-refractivity contribution in [2.24, 2.45) is 0 Å². The fourth-order valence-corrected chi connectivity index (χ4v) is 2.70. The number of hydrogen-bond donors (Lipinski definition) is 1. The molecule has 1 aliphatic heterocycles. The summed E-state index contributed by atoms with van der Waals surface area (Å²) in [5.41, 5.74) is 3.35. The first-order chi connectivity index (χ1) is 11.7. The van der Waals surface area contributed by atoms with E-state index in [9.17, 15) is 0 Å². The Morgan fingerprint density at radius 2 is 1.71 bits per heavy atom. The maximum absolute atomic E-state index is 4.31. The van der Waals surface area contributed by atoms with E-state index in [0.717, 1.165) is 50.6 Å². The monoisotopic (exact) mass is 330 g/mol. The zero-order chi connectivity index (χ0) is 17.4. The van der Waals surface area contributed by atoms with E-state index in [2.05, 4.69) is 56.7 Å². The predicted octanol–water partition coefficient (Wildman–Crippen LogP) is 1.76. The Morgan fingerprint density at radius 1 is 1.04 bits per heavy atom. The number of likely N-dealkylation sites (N-methyl/N-ethyl adjacent to an activating group) is 1. The second-order valence-electron chi connectivity index (χ2n) is 5.93. The molecule has 1 aliphatic rings. The molecule has 24 heavy (non-hydrogen) atoms. The van der Waals surface area contributed by atoms with Gasteiger partial charge in [-0.05, 0) is 31.8 Å². The fraction of sp³-hybridized carbons (Fsp3) is 0.556.